The molecule has 3 aromatic rings. The Kier molecular flexibility index (Phi) is 6.41. The van der Waals surface area contributed by atoms with Crippen molar-refractivity contribution in [3.05, 3.63) is 83.6 Å². The van der Waals surface area contributed by atoms with Gasteiger partial charge >= 0.3 is 0 Å². The summed E-state index contributed by atoms with van der Waals surface area (Å²) < 4.78 is 29.4. The molecule has 7 heteroatoms. The molecule has 0 radical (unpaired) electrons. The first kappa shape index (κ1) is 20.1. The molecule has 0 spiro atoms. The molecule has 156 valence electrons. The van der Waals surface area contributed by atoms with Crippen LogP contribution in [0.1, 0.15) is 21.9 Å². The molecule has 4 rings (SSSR count). The summed E-state index contributed by atoms with van der Waals surface area (Å²) in [6.07, 6.45) is 0. The lowest BCUT2D eigenvalue weighted by Crippen LogP contribution is -2.35. The molecule has 1 fully saturated rings. The van der Waals surface area contributed by atoms with Crippen LogP contribution >= 0.6 is 0 Å². The molecule has 6 nitrogen and oxygen atoms in total. The number of ether oxygens (including phenoxy) is 2. The first-order valence-electron chi connectivity index (χ1n) is 9.83. The maximum atomic E-state index is 12.9. The number of halogens is 1. The third-order valence-electron chi connectivity index (χ3n) is 4.77. The molecule has 2 aromatic carbocycles. The number of carbonyl (C=O) groups is 1. The van der Waals surface area contributed by atoms with E-state index in [0.29, 0.717) is 17.2 Å². The molecule has 1 amide bonds. The highest BCUT2D eigenvalue weighted by Gasteiger charge is 2.14. The maximum absolute atomic E-state index is 12.9. The van der Waals surface area contributed by atoms with Crippen LogP contribution in [0.15, 0.2) is 65.1 Å². The van der Waals surface area contributed by atoms with Crippen LogP contribution in [0, 0.1) is 5.82 Å². The second-order valence-corrected chi connectivity index (χ2v) is 7.05. The molecule has 0 bridgehead atoms. The minimum atomic E-state index is -0.327. The molecule has 0 aliphatic carbocycles. The fourth-order valence-corrected chi connectivity index (χ4v) is 3.22. The van der Waals surface area contributed by atoms with E-state index in [0.717, 1.165) is 38.4 Å². The molecule has 0 saturated carbocycles. The molecule has 0 unspecified atom stereocenters. The van der Waals surface area contributed by atoms with Crippen molar-refractivity contribution in [2.24, 2.45) is 0 Å². The van der Waals surface area contributed by atoms with E-state index in [1.165, 1.54) is 24.3 Å². The van der Waals surface area contributed by atoms with Crippen LogP contribution in [0.2, 0.25) is 0 Å². The smallest absolute Gasteiger partial charge is 0.291 e. The van der Waals surface area contributed by atoms with Crippen molar-refractivity contribution < 1.29 is 23.1 Å². The number of rotatable bonds is 7. The monoisotopic (exact) mass is 410 g/mol. The first-order valence-corrected chi connectivity index (χ1v) is 9.83. The SMILES string of the molecule is O=C(Nc1cccc(CN2CCOCC2)c1)c1ccc(COc2ccc(F)cc2)o1. The number of carbonyl (C=O) groups excluding carboxylic acids is 1. The minimum absolute atomic E-state index is 0.147. The molecule has 1 saturated heterocycles. The van der Waals surface area contributed by atoms with Crippen molar-refractivity contribution in [1.29, 1.82) is 0 Å². The standard InChI is InChI=1S/C23H23FN2O4/c24-18-4-6-20(7-5-18)29-16-21-8-9-22(30-21)23(27)25-19-3-1-2-17(14-19)15-26-10-12-28-13-11-26/h1-9,14H,10-13,15-16H2,(H,25,27). The summed E-state index contributed by atoms with van der Waals surface area (Å²) in [6, 6.07) is 16.8. The van der Waals surface area contributed by atoms with E-state index in [1.54, 1.807) is 12.1 Å². The first-order chi connectivity index (χ1) is 14.7. The Labute approximate surface area is 174 Å². The summed E-state index contributed by atoms with van der Waals surface area (Å²) in [6.45, 7) is 4.29. The average Bonchev–Trinajstić information content (AvgIpc) is 3.24. The Morgan fingerprint density at radius 3 is 2.67 bits per heavy atom. The van der Waals surface area contributed by atoms with Crippen LogP contribution in [0.3, 0.4) is 0 Å². The normalized spacial score (nSPS) is 14.4. The summed E-state index contributed by atoms with van der Waals surface area (Å²) in [5, 5.41) is 2.87. The van der Waals surface area contributed by atoms with Gasteiger partial charge < -0.3 is 19.2 Å². The highest BCUT2D eigenvalue weighted by Crippen LogP contribution is 2.18. The van der Waals surface area contributed by atoms with Crippen LogP contribution in [0.4, 0.5) is 10.1 Å². The highest BCUT2D eigenvalue weighted by molar-refractivity contribution is 6.02. The molecule has 0 atom stereocenters. The largest absolute Gasteiger partial charge is 0.486 e. The van der Waals surface area contributed by atoms with Gasteiger partial charge in [-0.1, -0.05) is 12.1 Å². The summed E-state index contributed by atoms with van der Waals surface area (Å²) in [5.74, 6) is 0.576. The van der Waals surface area contributed by atoms with Gasteiger partial charge in [0.15, 0.2) is 5.76 Å². The number of hydrogen-bond acceptors (Lipinski definition) is 5. The van der Waals surface area contributed by atoms with E-state index in [1.807, 2.05) is 24.3 Å². The molecule has 30 heavy (non-hydrogen) atoms. The van der Waals surface area contributed by atoms with Gasteiger partial charge in [-0.05, 0) is 54.1 Å². The van der Waals surface area contributed by atoms with E-state index in [4.69, 9.17) is 13.9 Å². The van der Waals surface area contributed by atoms with Gasteiger partial charge in [0, 0.05) is 25.3 Å². The molecule has 1 N–H and O–H groups in total. The summed E-state index contributed by atoms with van der Waals surface area (Å²) in [5.41, 5.74) is 1.84. The molecule has 2 heterocycles. The van der Waals surface area contributed by atoms with E-state index in [2.05, 4.69) is 10.2 Å². The fraction of sp³-hybridized carbons (Fsp3) is 0.261. The van der Waals surface area contributed by atoms with Crippen LogP contribution < -0.4 is 10.1 Å². The van der Waals surface area contributed by atoms with Crippen molar-refractivity contribution in [2.75, 3.05) is 31.6 Å². The van der Waals surface area contributed by atoms with Crippen LogP contribution in [0.25, 0.3) is 0 Å². The Bertz CT molecular complexity index is 981. The Morgan fingerprint density at radius 2 is 1.87 bits per heavy atom. The van der Waals surface area contributed by atoms with E-state index < -0.39 is 0 Å². The summed E-state index contributed by atoms with van der Waals surface area (Å²) >= 11 is 0. The predicted molar refractivity (Wildman–Crippen MR) is 110 cm³/mol. The molecular weight excluding hydrogens is 387 g/mol. The quantitative estimate of drug-likeness (QED) is 0.636. The zero-order valence-corrected chi connectivity index (χ0v) is 16.5. The number of morpholine rings is 1. The van der Waals surface area contributed by atoms with Crippen molar-refractivity contribution in [3.8, 4) is 5.75 Å². The number of nitrogens with zero attached hydrogens (tertiary/aromatic N) is 1. The van der Waals surface area contributed by atoms with E-state index in [9.17, 15) is 9.18 Å². The zero-order chi connectivity index (χ0) is 20.8. The van der Waals surface area contributed by atoms with Crippen molar-refractivity contribution in [2.45, 2.75) is 13.2 Å². The molecular formula is C23H23FN2O4. The maximum Gasteiger partial charge on any atom is 0.291 e. The van der Waals surface area contributed by atoms with Gasteiger partial charge in [0.1, 0.15) is 23.9 Å². The number of nitrogens with one attached hydrogen (secondary N) is 1. The lowest BCUT2D eigenvalue weighted by Gasteiger charge is -2.26. The summed E-state index contributed by atoms with van der Waals surface area (Å²) in [7, 11) is 0. The van der Waals surface area contributed by atoms with Gasteiger partial charge in [0.05, 0.1) is 13.2 Å². The Hall–Kier alpha value is -3.16. The van der Waals surface area contributed by atoms with Gasteiger partial charge in [0.2, 0.25) is 0 Å². The van der Waals surface area contributed by atoms with Gasteiger partial charge in [-0.3, -0.25) is 9.69 Å². The minimum Gasteiger partial charge on any atom is -0.486 e. The lowest BCUT2D eigenvalue weighted by molar-refractivity contribution is 0.0342. The Balaban J connectivity index is 1.32. The van der Waals surface area contributed by atoms with E-state index >= 15 is 0 Å². The van der Waals surface area contributed by atoms with Crippen LogP contribution in [0.5, 0.6) is 5.75 Å². The Morgan fingerprint density at radius 1 is 1.07 bits per heavy atom. The van der Waals surface area contributed by atoms with Gasteiger partial charge in [0.25, 0.3) is 5.91 Å². The van der Waals surface area contributed by atoms with Crippen molar-refractivity contribution >= 4 is 11.6 Å². The second-order valence-electron chi connectivity index (χ2n) is 7.05. The predicted octanol–water partition coefficient (Wildman–Crippen LogP) is 4.08. The van der Waals surface area contributed by atoms with Gasteiger partial charge in [-0.2, -0.15) is 0 Å². The highest BCUT2D eigenvalue weighted by atomic mass is 19.1. The molecule has 1 aliphatic rings. The van der Waals surface area contributed by atoms with Gasteiger partial charge in [-0.15, -0.1) is 0 Å². The number of amides is 1. The summed E-state index contributed by atoms with van der Waals surface area (Å²) in [4.78, 5) is 14.8. The number of anilines is 1. The average molecular weight is 410 g/mol. The zero-order valence-electron chi connectivity index (χ0n) is 16.5. The van der Waals surface area contributed by atoms with Crippen LogP contribution in [-0.4, -0.2) is 37.1 Å². The van der Waals surface area contributed by atoms with E-state index in [-0.39, 0.29) is 24.1 Å². The van der Waals surface area contributed by atoms with Crippen molar-refractivity contribution in [3.63, 3.8) is 0 Å². The fourth-order valence-electron chi connectivity index (χ4n) is 3.22. The topological polar surface area (TPSA) is 63.9 Å². The number of furan rings is 1. The van der Waals surface area contributed by atoms with Crippen molar-refractivity contribution in [1.82, 2.24) is 4.90 Å². The second kappa shape index (κ2) is 9.56. The van der Waals surface area contributed by atoms with Crippen LogP contribution in [-0.2, 0) is 17.9 Å². The third kappa shape index (κ3) is 5.46. The third-order valence-corrected chi connectivity index (χ3v) is 4.77. The number of benzene rings is 2. The molecule has 1 aliphatic heterocycles. The number of hydrogen-bond donors (Lipinski definition) is 1. The molecule has 1 aromatic heterocycles. The lowest BCUT2D eigenvalue weighted by atomic mass is 10.2. The van der Waals surface area contributed by atoms with Gasteiger partial charge in [-0.25, -0.2) is 4.39 Å².